The molecule has 0 radical (unpaired) electrons. The van der Waals surface area contributed by atoms with Crippen LogP contribution in [0.4, 0.5) is 0 Å². The summed E-state index contributed by atoms with van der Waals surface area (Å²) in [5.74, 6) is 5.40. The zero-order chi connectivity index (χ0) is 10.5. The lowest BCUT2D eigenvalue weighted by molar-refractivity contribution is 0.399. The zero-order valence-corrected chi connectivity index (χ0v) is 10.1. The second-order valence-corrected chi connectivity index (χ2v) is 6.57. The van der Waals surface area contributed by atoms with Crippen LogP contribution in [-0.4, -0.2) is 12.6 Å². The molecule has 2 bridgehead atoms. The van der Waals surface area contributed by atoms with Gasteiger partial charge in [0.25, 0.3) is 0 Å². The van der Waals surface area contributed by atoms with Crippen LogP contribution < -0.4 is 5.32 Å². The van der Waals surface area contributed by atoms with E-state index in [9.17, 15) is 0 Å². The van der Waals surface area contributed by atoms with Crippen LogP contribution in [0.3, 0.4) is 0 Å². The molecule has 0 aromatic heterocycles. The Hall–Kier alpha value is -0.300. The van der Waals surface area contributed by atoms with E-state index in [1.165, 1.54) is 25.8 Å². The van der Waals surface area contributed by atoms with E-state index in [0.29, 0.717) is 0 Å². The third kappa shape index (κ3) is 1.40. The lowest BCUT2D eigenvalue weighted by Gasteiger charge is -2.19. The Balaban J connectivity index is 1.29. The SMILES string of the molecule is C1=CCC(CNC2C3C4CCC(C4)C23)CC1. The van der Waals surface area contributed by atoms with Crippen molar-refractivity contribution in [1.29, 1.82) is 0 Å². The van der Waals surface area contributed by atoms with E-state index in [0.717, 1.165) is 35.6 Å². The summed E-state index contributed by atoms with van der Waals surface area (Å²) in [7, 11) is 0. The van der Waals surface area contributed by atoms with Crippen molar-refractivity contribution in [2.24, 2.45) is 29.6 Å². The number of allylic oxidation sites excluding steroid dienone is 2. The van der Waals surface area contributed by atoms with Crippen LogP contribution in [0.5, 0.6) is 0 Å². The van der Waals surface area contributed by atoms with Crippen molar-refractivity contribution >= 4 is 0 Å². The van der Waals surface area contributed by atoms with E-state index in [1.807, 2.05) is 0 Å². The molecule has 88 valence electrons. The van der Waals surface area contributed by atoms with Crippen molar-refractivity contribution in [3.05, 3.63) is 12.2 Å². The van der Waals surface area contributed by atoms with E-state index < -0.39 is 0 Å². The number of hydrogen-bond acceptors (Lipinski definition) is 1. The third-order valence-corrected chi connectivity index (χ3v) is 5.76. The van der Waals surface area contributed by atoms with Crippen molar-refractivity contribution in [3.63, 3.8) is 0 Å². The van der Waals surface area contributed by atoms with Crippen LogP contribution in [0, 0.1) is 29.6 Å². The number of fused-ring (bicyclic) bond motifs is 5. The lowest BCUT2D eigenvalue weighted by Crippen LogP contribution is -2.29. The average Bonchev–Trinajstić information content (AvgIpc) is 2.72. The topological polar surface area (TPSA) is 12.0 Å². The van der Waals surface area contributed by atoms with Gasteiger partial charge in [-0.1, -0.05) is 12.2 Å². The van der Waals surface area contributed by atoms with Crippen LogP contribution in [0.2, 0.25) is 0 Å². The van der Waals surface area contributed by atoms with Gasteiger partial charge in [-0.25, -0.2) is 0 Å². The Kier molecular flexibility index (Phi) is 2.18. The maximum Gasteiger partial charge on any atom is 0.0136 e. The molecule has 4 rings (SSSR count). The van der Waals surface area contributed by atoms with Crippen LogP contribution >= 0.6 is 0 Å². The van der Waals surface area contributed by atoms with Gasteiger partial charge in [0.15, 0.2) is 0 Å². The van der Waals surface area contributed by atoms with Crippen molar-refractivity contribution in [3.8, 4) is 0 Å². The standard InChI is InChI=1S/C15H23N/c1-2-4-10(5-3-1)9-16-15-13-11-6-7-12(8-11)14(13)15/h1-2,10-16H,3-9H2. The number of rotatable bonds is 3. The molecule has 1 heteroatoms. The predicted molar refractivity (Wildman–Crippen MR) is 66.1 cm³/mol. The highest BCUT2D eigenvalue weighted by molar-refractivity contribution is 5.16. The molecule has 5 atom stereocenters. The molecular weight excluding hydrogens is 194 g/mol. The quantitative estimate of drug-likeness (QED) is 0.717. The molecule has 3 saturated carbocycles. The van der Waals surface area contributed by atoms with Gasteiger partial charge in [-0.05, 0) is 74.7 Å². The minimum atomic E-state index is 0.934. The normalized spacial score (nSPS) is 53.0. The Morgan fingerprint density at radius 1 is 1.00 bits per heavy atom. The largest absolute Gasteiger partial charge is 0.313 e. The van der Waals surface area contributed by atoms with Crippen molar-refractivity contribution in [1.82, 2.24) is 5.32 Å². The van der Waals surface area contributed by atoms with E-state index in [1.54, 1.807) is 19.3 Å². The van der Waals surface area contributed by atoms with Gasteiger partial charge in [0.05, 0.1) is 0 Å². The summed E-state index contributed by atoms with van der Waals surface area (Å²) in [4.78, 5) is 0. The fourth-order valence-corrected chi connectivity index (χ4v) is 4.94. The molecule has 1 nitrogen and oxygen atoms in total. The van der Waals surface area contributed by atoms with Crippen molar-refractivity contribution in [2.45, 2.75) is 44.6 Å². The fraction of sp³-hybridized carbons (Fsp3) is 0.867. The minimum absolute atomic E-state index is 0.934. The molecule has 0 heterocycles. The minimum Gasteiger partial charge on any atom is -0.313 e. The summed E-state index contributed by atoms with van der Waals surface area (Å²) >= 11 is 0. The highest BCUT2D eigenvalue weighted by Gasteiger charge is 2.64. The molecule has 4 aliphatic rings. The lowest BCUT2D eigenvalue weighted by atomic mass is 9.94. The zero-order valence-electron chi connectivity index (χ0n) is 10.1. The molecule has 5 unspecified atom stereocenters. The maximum atomic E-state index is 3.90. The molecule has 0 aromatic carbocycles. The first-order valence-electron chi connectivity index (χ1n) is 7.32. The molecule has 0 spiro atoms. The van der Waals surface area contributed by atoms with Gasteiger partial charge in [-0.15, -0.1) is 0 Å². The Bertz CT molecular complexity index is 293. The molecular formula is C15H23N. The molecule has 0 aromatic rings. The molecule has 0 aliphatic heterocycles. The Morgan fingerprint density at radius 2 is 1.81 bits per heavy atom. The first-order chi connectivity index (χ1) is 7.93. The first kappa shape index (κ1) is 9.70. The highest BCUT2D eigenvalue weighted by Crippen LogP contribution is 2.65. The molecule has 0 saturated heterocycles. The van der Waals surface area contributed by atoms with Gasteiger partial charge < -0.3 is 5.32 Å². The van der Waals surface area contributed by atoms with Crippen LogP contribution in [-0.2, 0) is 0 Å². The van der Waals surface area contributed by atoms with E-state index in [4.69, 9.17) is 0 Å². The fourth-order valence-electron chi connectivity index (χ4n) is 4.94. The highest BCUT2D eigenvalue weighted by atomic mass is 15.0. The monoisotopic (exact) mass is 217 g/mol. The van der Waals surface area contributed by atoms with Crippen molar-refractivity contribution < 1.29 is 0 Å². The van der Waals surface area contributed by atoms with Crippen LogP contribution in [0.25, 0.3) is 0 Å². The average molecular weight is 217 g/mol. The van der Waals surface area contributed by atoms with E-state index in [-0.39, 0.29) is 0 Å². The smallest absolute Gasteiger partial charge is 0.0136 e. The van der Waals surface area contributed by atoms with Crippen LogP contribution in [0.1, 0.15) is 38.5 Å². The molecule has 4 aliphatic carbocycles. The van der Waals surface area contributed by atoms with Crippen molar-refractivity contribution in [2.75, 3.05) is 6.54 Å². The number of hydrogen-bond donors (Lipinski definition) is 1. The van der Waals surface area contributed by atoms with Gasteiger partial charge in [-0.2, -0.15) is 0 Å². The summed E-state index contributed by atoms with van der Waals surface area (Å²) in [6.45, 7) is 1.29. The molecule has 1 N–H and O–H groups in total. The van der Waals surface area contributed by atoms with Gasteiger partial charge in [0.2, 0.25) is 0 Å². The Morgan fingerprint density at radius 3 is 2.50 bits per heavy atom. The summed E-state index contributed by atoms with van der Waals surface area (Å²) in [6, 6.07) is 0.942. The van der Waals surface area contributed by atoms with Gasteiger partial charge in [0.1, 0.15) is 0 Å². The first-order valence-corrected chi connectivity index (χ1v) is 7.32. The summed E-state index contributed by atoms with van der Waals surface area (Å²) in [5.41, 5.74) is 0. The van der Waals surface area contributed by atoms with E-state index >= 15 is 0 Å². The molecule has 16 heavy (non-hydrogen) atoms. The summed E-state index contributed by atoms with van der Waals surface area (Å²) in [6.07, 6.45) is 13.5. The Labute approximate surface area is 98.7 Å². The summed E-state index contributed by atoms with van der Waals surface area (Å²) < 4.78 is 0. The van der Waals surface area contributed by atoms with Gasteiger partial charge >= 0.3 is 0 Å². The maximum absolute atomic E-state index is 3.90. The van der Waals surface area contributed by atoms with Crippen LogP contribution in [0.15, 0.2) is 12.2 Å². The van der Waals surface area contributed by atoms with Gasteiger partial charge in [0, 0.05) is 6.04 Å². The second-order valence-electron chi connectivity index (χ2n) is 6.57. The number of nitrogens with one attached hydrogen (secondary N) is 1. The molecule has 0 amide bonds. The third-order valence-electron chi connectivity index (χ3n) is 5.76. The predicted octanol–water partition coefficient (Wildman–Crippen LogP) is 2.98. The summed E-state index contributed by atoms with van der Waals surface area (Å²) in [5, 5.41) is 3.90. The second kappa shape index (κ2) is 3.60. The van der Waals surface area contributed by atoms with E-state index in [2.05, 4.69) is 17.5 Å². The molecule has 3 fully saturated rings. The van der Waals surface area contributed by atoms with Gasteiger partial charge in [-0.3, -0.25) is 0 Å².